The van der Waals surface area contributed by atoms with Crippen LogP contribution < -0.4 is 18.9 Å². The summed E-state index contributed by atoms with van der Waals surface area (Å²) in [5.41, 5.74) is 1.55. The van der Waals surface area contributed by atoms with Crippen LogP contribution in [-0.4, -0.2) is 60.7 Å². The molecule has 1 N–H and O–H groups in total. The van der Waals surface area contributed by atoms with Gasteiger partial charge in [-0.05, 0) is 54.8 Å². The van der Waals surface area contributed by atoms with Crippen molar-refractivity contribution in [2.45, 2.75) is 18.2 Å². The Balaban J connectivity index is 2.00. The molecule has 1 amide bonds. The van der Waals surface area contributed by atoms with Gasteiger partial charge in [0.2, 0.25) is 10.0 Å². The normalized spacial score (nSPS) is 11.1. The van der Waals surface area contributed by atoms with Crippen molar-refractivity contribution in [3.05, 3.63) is 47.5 Å². The first kappa shape index (κ1) is 23.5. The standard InChI is InChI=1S/C21H28N2O6S/c1-15-12-17(7-9-18(15)29-14-21(24)23(2)3)30(25,26)22-11-10-16-6-8-19(27-4)20(13-16)28-5/h6-9,12-13,22H,10-11,14H2,1-5H3. The van der Waals surface area contributed by atoms with Gasteiger partial charge in [0.25, 0.3) is 5.91 Å². The molecule has 8 nitrogen and oxygen atoms in total. The van der Waals surface area contributed by atoms with E-state index in [0.717, 1.165) is 5.56 Å². The molecule has 0 aliphatic rings. The van der Waals surface area contributed by atoms with Crippen LogP contribution in [0, 0.1) is 6.92 Å². The molecule has 0 saturated carbocycles. The van der Waals surface area contributed by atoms with Gasteiger partial charge in [-0.3, -0.25) is 4.79 Å². The minimum absolute atomic E-state index is 0.108. The number of nitrogens with zero attached hydrogens (tertiary/aromatic N) is 1. The van der Waals surface area contributed by atoms with Crippen LogP contribution >= 0.6 is 0 Å². The highest BCUT2D eigenvalue weighted by Gasteiger charge is 2.16. The van der Waals surface area contributed by atoms with Crippen LogP contribution in [0.2, 0.25) is 0 Å². The molecule has 9 heteroatoms. The van der Waals surface area contributed by atoms with Crippen molar-refractivity contribution < 1.29 is 27.4 Å². The van der Waals surface area contributed by atoms with E-state index in [1.54, 1.807) is 47.4 Å². The second kappa shape index (κ2) is 10.3. The fourth-order valence-corrected chi connectivity index (χ4v) is 3.79. The topological polar surface area (TPSA) is 94.2 Å². The third-order valence-electron chi connectivity index (χ3n) is 4.46. The van der Waals surface area contributed by atoms with Crippen molar-refractivity contribution in [3.8, 4) is 17.2 Å². The average Bonchev–Trinajstić information content (AvgIpc) is 2.72. The average molecular weight is 437 g/mol. The van der Waals surface area contributed by atoms with Crippen molar-refractivity contribution in [2.75, 3.05) is 41.5 Å². The van der Waals surface area contributed by atoms with E-state index in [2.05, 4.69) is 4.72 Å². The first-order chi connectivity index (χ1) is 14.2. The van der Waals surface area contributed by atoms with Crippen molar-refractivity contribution in [1.82, 2.24) is 9.62 Å². The second-order valence-electron chi connectivity index (χ2n) is 6.84. The van der Waals surface area contributed by atoms with Crippen LogP contribution in [0.3, 0.4) is 0 Å². The van der Waals surface area contributed by atoms with Gasteiger partial charge in [-0.1, -0.05) is 6.07 Å². The molecule has 2 rings (SSSR count). The molecule has 0 aliphatic heterocycles. The zero-order chi connectivity index (χ0) is 22.3. The summed E-state index contributed by atoms with van der Waals surface area (Å²) < 4.78 is 43.8. The van der Waals surface area contributed by atoms with Gasteiger partial charge in [0.15, 0.2) is 18.1 Å². The summed E-state index contributed by atoms with van der Waals surface area (Å²) in [7, 11) is 2.71. The third-order valence-corrected chi connectivity index (χ3v) is 5.92. The Hall–Kier alpha value is -2.78. The Morgan fingerprint density at radius 3 is 2.27 bits per heavy atom. The molecule has 0 unspecified atom stereocenters. The largest absolute Gasteiger partial charge is 0.493 e. The van der Waals surface area contributed by atoms with Crippen LogP contribution in [-0.2, 0) is 21.2 Å². The Morgan fingerprint density at radius 2 is 1.67 bits per heavy atom. The molecule has 2 aromatic rings. The number of methoxy groups -OCH3 is 2. The van der Waals surface area contributed by atoms with Crippen LogP contribution in [0.15, 0.2) is 41.3 Å². The van der Waals surface area contributed by atoms with Crippen molar-refractivity contribution in [3.63, 3.8) is 0 Å². The summed E-state index contributed by atoms with van der Waals surface area (Å²) in [6.07, 6.45) is 0.492. The number of likely N-dealkylation sites (N-methyl/N-ethyl adjacent to an activating group) is 1. The smallest absolute Gasteiger partial charge is 0.259 e. The first-order valence-corrected chi connectivity index (χ1v) is 10.8. The lowest BCUT2D eigenvalue weighted by molar-refractivity contribution is -0.130. The summed E-state index contributed by atoms with van der Waals surface area (Å²) in [5.74, 6) is 1.50. The molecule has 0 saturated heterocycles. The van der Waals surface area contributed by atoms with Crippen molar-refractivity contribution in [1.29, 1.82) is 0 Å². The maximum Gasteiger partial charge on any atom is 0.259 e. The SMILES string of the molecule is COc1ccc(CCNS(=O)(=O)c2ccc(OCC(=O)N(C)C)c(C)c2)cc1OC. The third kappa shape index (κ3) is 6.11. The molecule has 0 aromatic heterocycles. The molecule has 0 radical (unpaired) electrons. The van der Waals surface area contributed by atoms with Gasteiger partial charge in [0.1, 0.15) is 5.75 Å². The summed E-state index contributed by atoms with van der Waals surface area (Å²) in [6, 6.07) is 10.0. The van der Waals surface area contributed by atoms with E-state index in [4.69, 9.17) is 14.2 Å². The zero-order valence-corrected chi connectivity index (χ0v) is 18.7. The number of sulfonamides is 1. The molecular weight excluding hydrogens is 408 g/mol. The highest BCUT2D eigenvalue weighted by Crippen LogP contribution is 2.27. The quantitative estimate of drug-likeness (QED) is 0.612. The van der Waals surface area contributed by atoms with Crippen LogP contribution in [0.25, 0.3) is 0 Å². The number of carbonyl (C=O) groups is 1. The number of nitrogens with one attached hydrogen (secondary N) is 1. The van der Waals surface area contributed by atoms with E-state index in [1.165, 1.54) is 17.0 Å². The van der Waals surface area contributed by atoms with Crippen LogP contribution in [0.5, 0.6) is 17.2 Å². The van der Waals surface area contributed by atoms with E-state index < -0.39 is 10.0 Å². The van der Waals surface area contributed by atoms with Gasteiger partial charge < -0.3 is 19.1 Å². The molecule has 0 bridgehead atoms. The summed E-state index contributed by atoms with van der Waals surface area (Å²) in [4.78, 5) is 13.2. The van der Waals surface area contributed by atoms with E-state index in [0.29, 0.717) is 29.2 Å². The highest BCUT2D eigenvalue weighted by molar-refractivity contribution is 7.89. The lowest BCUT2D eigenvalue weighted by Gasteiger charge is -2.14. The Bertz CT molecular complexity index is 989. The molecule has 0 fully saturated rings. The van der Waals surface area contributed by atoms with Crippen molar-refractivity contribution in [2.24, 2.45) is 0 Å². The number of rotatable bonds is 10. The number of ether oxygens (including phenoxy) is 3. The summed E-state index contributed by atoms with van der Waals surface area (Å²) in [6.45, 7) is 1.86. The minimum Gasteiger partial charge on any atom is -0.493 e. The van der Waals surface area contributed by atoms with Gasteiger partial charge in [-0.15, -0.1) is 0 Å². The van der Waals surface area contributed by atoms with E-state index in [-0.39, 0.29) is 24.0 Å². The predicted molar refractivity (Wildman–Crippen MR) is 114 cm³/mol. The fourth-order valence-electron chi connectivity index (χ4n) is 2.67. The van der Waals surface area contributed by atoms with Crippen molar-refractivity contribution >= 4 is 15.9 Å². The fraction of sp³-hybridized carbons (Fsp3) is 0.381. The molecule has 0 atom stereocenters. The van der Waals surface area contributed by atoms with Gasteiger partial charge in [0.05, 0.1) is 19.1 Å². The number of hydrogen-bond donors (Lipinski definition) is 1. The number of hydrogen-bond acceptors (Lipinski definition) is 6. The Kier molecular flexibility index (Phi) is 8.08. The van der Waals surface area contributed by atoms with Gasteiger partial charge in [-0.2, -0.15) is 0 Å². The summed E-state index contributed by atoms with van der Waals surface area (Å²) >= 11 is 0. The van der Waals surface area contributed by atoms with Crippen LogP contribution in [0.4, 0.5) is 0 Å². The molecule has 30 heavy (non-hydrogen) atoms. The second-order valence-corrected chi connectivity index (χ2v) is 8.61. The van der Waals surface area contributed by atoms with E-state index in [1.807, 2.05) is 12.1 Å². The molecule has 164 valence electrons. The van der Waals surface area contributed by atoms with Gasteiger partial charge in [0, 0.05) is 20.6 Å². The van der Waals surface area contributed by atoms with E-state index in [9.17, 15) is 13.2 Å². The van der Waals surface area contributed by atoms with E-state index >= 15 is 0 Å². The van der Waals surface area contributed by atoms with Gasteiger partial charge >= 0.3 is 0 Å². The lowest BCUT2D eigenvalue weighted by Crippen LogP contribution is -2.28. The molecule has 0 aliphatic carbocycles. The maximum atomic E-state index is 12.6. The summed E-state index contributed by atoms with van der Waals surface area (Å²) in [5, 5.41) is 0. The number of carbonyl (C=O) groups excluding carboxylic acids is 1. The highest BCUT2D eigenvalue weighted by atomic mass is 32.2. The number of aryl methyl sites for hydroxylation is 1. The monoisotopic (exact) mass is 436 g/mol. The van der Waals surface area contributed by atoms with Gasteiger partial charge in [-0.25, -0.2) is 13.1 Å². The van der Waals surface area contributed by atoms with Crippen LogP contribution in [0.1, 0.15) is 11.1 Å². The molecular formula is C21H28N2O6S. The molecule has 0 spiro atoms. The maximum absolute atomic E-state index is 12.6. The molecule has 0 heterocycles. The zero-order valence-electron chi connectivity index (χ0n) is 17.9. The predicted octanol–water partition coefficient (Wildman–Crippen LogP) is 2.00. The number of amides is 1. The first-order valence-electron chi connectivity index (χ1n) is 9.32. The Morgan fingerprint density at radius 1 is 1.00 bits per heavy atom. The molecule has 2 aromatic carbocycles. The minimum atomic E-state index is -3.68. The lowest BCUT2D eigenvalue weighted by atomic mass is 10.1. The number of benzene rings is 2. The Labute approximate surface area is 177 Å².